The van der Waals surface area contributed by atoms with Crippen LogP contribution in [0, 0.1) is 0 Å². The highest BCUT2D eigenvalue weighted by molar-refractivity contribution is 6.22. The molecule has 10 rings (SSSR count). The van der Waals surface area contributed by atoms with Crippen LogP contribution in [0.1, 0.15) is 0 Å². The van der Waals surface area contributed by atoms with Crippen molar-refractivity contribution in [2.45, 2.75) is 0 Å². The first-order valence-electron chi connectivity index (χ1n) is 17.4. The lowest BCUT2D eigenvalue weighted by Gasteiger charge is -2.16. The topological polar surface area (TPSA) is 0 Å². The first-order valence-corrected chi connectivity index (χ1v) is 17.4. The van der Waals surface area contributed by atoms with Gasteiger partial charge in [-0.15, -0.1) is 0 Å². The average Bonchev–Trinajstić information content (AvgIpc) is 3.45. The molecule has 0 amide bonds. The van der Waals surface area contributed by atoms with E-state index < -0.39 is 0 Å². The smallest absolute Gasteiger partial charge is 0.0616 e. The van der Waals surface area contributed by atoms with Crippen LogP contribution in [0.3, 0.4) is 0 Å². The molecule has 0 bridgehead atoms. The molecule has 0 heterocycles. The molecule has 10 aromatic carbocycles. The summed E-state index contributed by atoms with van der Waals surface area (Å²) in [7, 11) is 0. The van der Waals surface area contributed by atoms with E-state index in [2.05, 4.69) is 194 Å². The summed E-state index contributed by atoms with van der Waals surface area (Å²) in [5, 5.41) is 14.8. The van der Waals surface area contributed by atoms with Crippen molar-refractivity contribution in [3.8, 4) is 33.4 Å². The van der Waals surface area contributed by atoms with E-state index in [4.69, 9.17) is 0 Å². The summed E-state index contributed by atoms with van der Waals surface area (Å²) in [6.45, 7) is 0. The van der Waals surface area contributed by atoms with Crippen LogP contribution in [-0.2, 0) is 0 Å². The Balaban J connectivity index is 1.48. The van der Waals surface area contributed by atoms with Crippen molar-refractivity contribution >= 4 is 64.6 Å². The van der Waals surface area contributed by atoms with Crippen LogP contribution in [0.5, 0.6) is 0 Å². The zero-order chi connectivity index (χ0) is 33.0. The second-order valence-electron chi connectivity index (χ2n) is 13.2. The Morgan fingerprint density at radius 3 is 0.820 bits per heavy atom. The zero-order valence-electron chi connectivity index (χ0n) is 27.5. The van der Waals surface area contributed by atoms with Gasteiger partial charge in [0.1, 0.15) is 0 Å². The Bertz CT molecular complexity index is 2660. The molecule has 0 atom stereocenters. The van der Waals surface area contributed by atoms with Gasteiger partial charge in [0.25, 0.3) is 0 Å². The number of benzene rings is 8. The van der Waals surface area contributed by atoms with Crippen LogP contribution >= 0.6 is 0 Å². The highest BCUT2D eigenvalue weighted by Crippen LogP contribution is 2.50. The lowest BCUT2D eigenvalue weighted by Crippen LogP contribution is -1.94. The maximum atomic E-state index is 2.37. The minimum atomic E-state index is 1.23. The van der Waals surface area contributed by atoms with Gasteiger partial charge >= 0.3 is 0 Å². The summed E-state index contributed by atoms with van der Waals surface area (Å²) in [5.74, 6) is 0. The van der Waals surface area contributed by atoms with Gasteiger partial charge in [0.05, 0.1) is 54.9 Å². The lowest BCUT2D eigenvalue weighted by molar-refractivity contribution is 1.66. The summed E-state index contributed by atoms with van der Waals surface area (Å²) < 4.78 is 0. The van der Waals surface area contributed by atoms with Gasteiger partial charge in [-0.05, 0) is 144 Å². The fourth-order valence-corrected chi connectivity index (χ4v) is 8.21. The lowest BCUT2D eigenvalue weighted by atomic mass is 9.81. The quantitative estimate of drug-likeness (QED) is 0.170. The largest absolute Gasteiger partial charge is 0.0681 e. The molecule has 0 radical (unpaired) electrons. The zero-order valence-corrected chi connectivity index (χ0v) is 27.5. The van der Waals surface area contributed by atoms with Crippen molar-refractivity contribution < 1.29 is 0 Å². The SMILES string of the molecule is c1ccc2c(-c3c(-[c+]4c5ccccc5ccc5ccccc54)ccc4ccccc34)c(-[c+]3c4ccccc4ccc4ccccc43)ccc2c1. The van der Waals surface area contributed by atoms with E-state index in [0.717, 1.165) is 0 Å². The Morgan fingerprint density at radius 1 is 0.220 bits per heavy atom. The van der Waals surface area contributed by atoms with Crippen molar-refractivity contribution in [3.63, 3.8) is 0 Å². The third-order valence-corrected chi connectivity index (χ3v) is 10.5. The summed E-state index contributed by atoms with van der Waals surface area (Å²) in [5.41, 5.74) is 7.51. The van der Waals surface area contributed by atoms with Gasteiger partial charge in [-0.25, -0.2) is 0 Å². The second kappa shape index (κ2) is 11.6. The van der Waals surface area contributed by atoms with Crippen molar-refractivity contribution in [1.29, 1.82) is 0 Å². The van der Waals surface area contributed by atoms with E-state index in [0.29, 0.717) is 0 Å². The maximum Gasteiger partial charge on any atom is 0.0681 e. The molecule has 50 heavy (non-hydrogen) atoms. The number of hydrogen-bond acceptors (Lipinski definition) is 0. The van der Waals surface area contributed by atoms with Crippen LogP contribution in [0.15, 0.2) is 194 Å². The fourth-order valence-electron chi connectivity index (χ4n) is 8.21. The third kappa shape index (κ3) is 4.46. The average molecular weight is 633 g/mol. The standard InChI is InChI=1S/C50H32/c1-7-19-39-33(13-1)25-26-34-14-2-8-20-40(34)47(39)45-31-29-37-17-5-11-23-43(37)49(45)50-44-24-12-6-18-38(44)30-32-46(50)48-41-21-9-3-15-35(41)27-28-36-16-4-10-22-42(36)48/h1-32H/q+2. The van der Waals surface area contributed by atoms with Crippen LogP contribution in [-0.4, -0.2) is 0 Å². The molecular weight excluding hydrogens is 601 g/mol. The predicted molar refractivity (Wildman–Crippen MR) is 217 cm³/mol. The van der Waals surface area contributed by atoms with E-state index >= 15 is 0 Å². The molecule has 0 aliphatic rings. The van der Waals surface area contributed by atoms with Gasteiger partial charge in [-0.1, -0.05) is 60.7 Å². The number of rotatable bonds is 3. The summed E-state index contributed by atoms with van der Waals surface area (Å²) in [4.78, 5) is 0. The normalized spacial score (nSPS) is 11.6. The molecule has 0 unspecified atom stereocenters. The second-order valence-corrected chi connectivity index (χ2v) is 13.2. The monoisotopic (exact) mass is 632 g/mol. The molecule has 0 N–H and O–H groups in total. The Morgan fingerprint density at radius 2 is 0.480 bits per heavy atom. The van der Waals surface area contributed by atoms with Gasteiger partial charge < -0.3 is 0 Å². The van der Waals surface area contributed by atoms with E-state index in [1.165, 1.54) is 98.0 Å². The number of fused-ring (bicyclic) bond motifs is 6. The van der Waals surface area contributed by atoms with Crippen molar-refractivity contribution in [1.82, 2.24) is 0 Å². The minimum absolute atomic E-state index is 1.23. The highest BCUT2D eigenvalue weighted by Gasteiger charge is 2.28. The molecular formula is C50H32+2. The third-order valence-electron chi connectivity index (χ3n) is 10.5. The van der Waals surface area contributed by atoms with Crippen LogP contribution in [0.2, 0.25) is 0 Å². The van der Waals surface area contributed by atoms with Gasteiger partial charge in [0.15, 0.2) is 0 Å². The summed E-state index contributed by atoms with van der Waals surface area (Å²) in [6, 6.07) is 71.7. The molecule has 0 nitrogen and oxygen atoms in total. The Kier molecular flexibility index (Phi) is 6.60. The summed E-state index contributed by atoms with van der Waals surface area (Å²) >= 11 is 0. The molecule has 0 aromatic heterocycles. The summed E-state index contributed by atoms with van der Waals surface area (Å²) in [6.07, 6.45) is 0. The van der Waals surface area contributed by atoms with Gasteiger partial charge in [-0.2, -0.15) is 0 Å². The molecule has 0 fully saturated rings. The van der Waals surface area contributed by atoms with Gasteiger partial charge in [0.2, 0.25) is 0 Å². The van der Waals surface area contributed by atoms with E-state index in [1.807, 2.05) is 0 Å². The Labute approximate surface area is 291 Å². The Hall–Kier alpha value is -6.50. The van der Waals surface area contributed by atoms with E-state index in [-0.39, 0.29) is 0 Å². The predicted octanol–water partition coefficient (Wildman–Crippen LogP) is 14.2. The van der Waals surface area contributed by atoms with Crippen LogP contribution < -0.4 is 0 Å². The highest BCUT2D eigenvalue weighted by atomic mass is 14.2. The minimum Gasteiger partial charge on any atom is -0.0616 e. The molecule has 0 heteroatoms. The van der Waals surface area contributed by atoms with E-state index in [9.17, 15) is 0 Å². The van der Waals surface area contributed by atoms with Gasteiger partial charge in [-0.3, -0.25) is 0 Å². The molecule has 10 aromatic rings. The van der Waals surface area contributed by atoms with Crippen LogP contribution in [0.4, 0.5) is 0 Å². The van der Waals surface area contributed by atoms with Gasteiger partial charge in [0, 0.05) is 32.3 Å². The molecule has 0 spiro atoms. The molecule has 0 saturated carbocycles. The molecule has 230 valence electrons. The first kappa shape index (κ1) is 28.5. The van der Waals surface area contributed by atoms with E-state index in [1.54, 1.807) is 0 Å². The fraction of sp³-hybridized carbons (Fsp3) is 0. The van der Waals surface area contributed by atoms with Crippen molar-refractivity contribution in [2.75, 3.05) is 0 Å². The molecule has 0 aliphatic carbocycles. The molecule has 0 saturated heterocycles. The molecule has 0 aliphatic heterocycles. The van der Waals surface area contributed by atoms with Crippen molar-refractivity contribution in [2.24, 2.45) is 0 Å². The van der Waals surface area contributed by atoms with Crippen LogP contribution in [0.25, 0.3) is 98.0 Å². The first-order chi connectivity index (χ1) is 24.8. The number of hydrogen-bond donors (Lipinski definition) is 0. The van der Waals surface area contributed by atoms with Crippen molar-refractivity contribution in [3.05, 3.63) is 194 Å². The maximum absolute atomic E-state index is 2.37.